The molecule has 23 heavy (non-hydrogen) atoms. The van der Waals surface area contributed by atoms with E-state index in [1.54, 1.807) is 0 Å². The molecule has 0 N–H and O–H groups in total. The van der Waals surface area contributed by atoms with E-state index >= 15 is 0 Å². The minimum absolute atomic E-state index is 0.0818. The molecule has 0 saturated heterocycles. The molecule has 1 aromatic rings. The summed E-state index contributed by atoms with van der Waals surface area (Å²) in [4.78, 5) is 0. The smallest absolute Gasteiger partial charge is 0.204 e. The molecule has 2 aliphatic carbocycles. The van der Waals surface area contributed by atoms with Crippen LogP contribution in [0.1, 0.15) is 32.1 Å². The highest BCUT2D eigenvalue weighted by Crippen LogP contribution is 2.31. The Hall–Kier alpha value is -1.84. The number of rotatable bonds is 8. The molecule has 2 nitrogen and oxygen atoms in total. The third kappa shape index (κ3) is 4.57. The molecular weight excluding hydrogens is 298 g/mol. The van der Waals surface area contributed by atoms with E-state index in [9.17, 15) is 8.78 Å². The van der Waals surface area contributed by atoms with Crippen LogP contribution in [-0.4, -0.2) is 13.2 Å². The van der Waals surface area contributed by atoms with Gasteiger partial charge in [0.25, 0.3) is 0 Å². The molecule has 2 saturated carbocycles. The normalized spacial score (nSPS) is 18.5. The molecule has 0 heterocycles. The Morgan fingerprint density at radius 1 is 0.826 bits per heavy atom. The van der Waals surface area contributed by atoms with Gasteiger partial charge in [-0.15, -0.1) is 0 Å². The fourth-order valence-corrected chi connectivity index (χ4v) is 2.43. The first kappa shape index (κ1) is 16.0. The zero-order chi connectivity index (χ0) is 16.1. The summed E-state index contributed by atoms with van der Waals surface area (Å²) < 4.78 is 38.4. The van der Waals surface area contributed by atoms with E-state index in [0.717, 1.165) is 0 Å². The van der Waals surface area contributed by atoms with Crippen LogP contribution in [0.4, 0.5) is 8.78 Å². The van der Waals surface area contributed by atoms with Gasteiger partial charge in [-0.1, -0.05) is 30.7 Å². The molecule has 0 aromatic heterocycles. The van der Waals surface area contributed by atoms with Crippen molar-refractivity contribution in [2.24, 2.45) is 11.8 Å². The lowest BCUT2D eigenvalue weighted by atomic mass is 9.85. The molecule has 1 aromatic carbocycles. The fraction of sp³-hybridized carbons (Fsp3) is 0.474. The van der Waals surface area contributed by atoms with Crippen LogP contribution in [0.15, 0.2) is 36.4 Å². The van der Waals surface area contributed by atoms with Crippen LogP contribution in [0.25, 0.3) is 0 Å². The third-order valence-electron chi connectivity index (χ3n) is 4.27. The standard InChI is InChI=1S/C19H22F2O2/c20-18-16(22-12-2-6-14-4-1-5-14)10-11-17(19(18)21)23-13-3-7-15-8-9-15/h2-3,6-7,10-11,14-15H,1,4-5,8-9,12-13H2/b6-2+,7-3+. The zero-order valence-corrected chi connectivity index (χ0v) is 13.1. The van der Waals surface area contributed by atoms with Crippen LogP contribution in [0, 0.1) is 23.5 Å². The summed E-state index contributed by atoms with van der Waals surface area (Å²) in [7, 11) is 0. The number of hydrogen-bond donors (Lipinski definition) is 0. The minimum atomic E-state index is -0.995. The average molecular weight is 320 g/mol. The molecular formula is C19H22F2O2. The molecule has 0 aliphatic heterocycles. The predicted molar refractivity (Wildman–Crippen MR) is 85.7 cm³/mol. The summed E-state index contributed by atoms with van der Waals surface area (Å²) in [6, 6.07) is 2.82. The van der Waals surface area contributed by atoms with Crippen molar-refractivity contribution in [3.8, 4) is 11.5 Å². The molecule has 124 valence electrons. The number of ether oxygens (including phenoxy) is 2. The van der Waals surface area contributed by atoms with Gasteiger partial charge in [-0.25, -0.2) is 0 Å². The summed E-state index contributed by atoms with van der Waals surface area (Å²) in [5.41, 5.74) is 0. The molecule has 2 aliphatic rings. The Kier molecular flexibility index (Phi) is 5.31. The van der Waals surface area contributed by atoms with Crippen molar-refractivity contribution in [3.05, 3.63) is 48.1 Å². The van der Waals surface area contributed by atoms with Crippen molar-refractivity contribution >= 4 is 0 Å². The van der Waals surface area contributed by atoms with E-state index in [0.29, 0.717) is 11.8 Å². The molecule has 3 rings (SSSR count). The summed E-state index contributed by atoms with van der Waals surface area (Å²) >= 11 is 0. The maximum absolute atomic E-state index is 14.0. The number of halogens is 2. The molecule has 0 radical (unpaired) electrons. The van der Waals surface area contributed by atoms with E-state index < -0.39 is 11.6 Å². The van der Waals surface area contributed by atoms with Crippen LogP contribution in [0.2, 0.25) is 0 Å². The lowest BCUT2D eigenvalue weighted by Crippen LogP contribution is -2.08. The Labute approximate surface area is 135 Å². The van der Waals surface area contributed by atoms with Crippen LogP contribution < -0.4 is 9.47 Å². The van der Waals surface area contributed by atoms with E-state index in [-0.39, 0.29) is 24.7 Å². The fourth-order valence-electron chi connectivity index (χ4n) is 2.43. The predicted octanol–water partition coefficient (Wildman–Crippen LogP) is 5.04. The van der Waals surface area contributed by atoms with Gasteiger partial charge in [0.05, 0.1) is 0 Å². The van der Waals surface area contributed by atoms with Gasteiger partial charge in [-0.05, 0) is 49.7 Å². The van der Waals surface area contributed by atoms with Gasteiger partial charge < -0.3 is 9.47 Å². The summed E-state index contributed by atoms with van der Waals surface area (Å²) in [5, 5.41) is 0. The monoisotopic (exact) mass is 320 g/mol. The first-order valence-electron chi connectivity index (χ1n) is 8.31. The molecule has 0 amide bonds. The lowest BCUT2D eigenvalue weighted by molar-refractivity contribution is 0.307. The molecule has 0 unspecified atom stereocenters. The Bertz CT molecular complexity index is 587. The lowest BCUT2D eigenvalue weighted by Gasteiger charge is -2.21. The van der Waals surface area contributed by atoms with Crippen molar-refractivity contribution in [3.63, 3.8) is 0 Å². The average Bonchev–Trinajstić information content (AvgIpc) is 3.31. The molecule has 0 spiro atoms. The SMILES string of the molecule is Fc1c(OC/C=C/C2CCC2)ccc(OC/C=C/C2CC2)c1F. The molecule has 0 bridgehead atoms. The van der Waals surface area contributed by atoms with Crippen molar-refractivity contribution in [1.29, 1.82) is 0 Å². The second kappa shape index (κ2) is 7.62. The summed E-state index contributed by atoms with van der Waals surface area (Å²) in [6.45, 7) is 0.494. The second-order valence-electron chi connectivity index (χ2n) is 6.20. The van der Waals surface area contributed by atoms with Gasteiger partial charge in [-0.2, -0.15) is 8.78 Å². The largest absolute Gasteiger partial charge is 0.486 e. The van der Waals surface area contributed by atoms with Crippen LogP contribution in [0.3, 0.4) is 0 Å². The quantitative estimate of drug-likeness (QED) is 0.624. The van der Waals surface area contributed by atoms with E-state index in [4.69, 9.17) is 9.47 Å². The van der Waals surface area contributed by atoms with Crippen molar-refractivity contribution in [2.45, 2.75) is 32.1 Å². The summed E-state index contributed by atoms with van der Waals surface area (Å²) in [5.74, 6) is -0.887. The molecule has 0 atom stereocenters. The number of hydrogen-bond acceptors (Lipinski definition) is 2. The van der Waals surface area contributed by atoms with Crippen molar-refractivity contribution < 1.29 is 18.3 Å². The van der Waals surface area contributed by atoms with Crippen molar-refractivity contribution in [2.75, 3.05) is 13.2 Å². The van der Waals surface area contributed by atoms with Gasteiger partial charge in [0.2, 0.25) is 11.6 Å². The first-order valence-corrected chi connectivity index (χ1v) is 8.31. The van der Waals surface area contributed by atoms with Gasteiger partial charge >= 0.3 is 0 Å². The maximum Gasteiger partial charge on any atom is 0.204 e. The Balaban J connectivity index is 1.50. The third-order valence-corrected chi connectivity index (χ3v) is 4.27. The van der Waals surface area contributed by atoms with E-state index in [2.05, 4.69) is 12.2 Å². The van der Waals surface area contributed by atoms with Gasteiger partial charge in [0.1, 0.15) is 13.2 Å². The van der Waals surface area contributed by atoms with Crippen molar-refractivity contribution in [1.82, 2.24) is 0 Å². The van der Waals surface area contributed by atoms with Gasteiger partial charge in [-0.3, -0.25) is 0 Å². The topological polar surface area (TPSA) is 18.5 Å². The van der Waals surface area contributed by atoms with Crippen LogP contribution >= 0.6 is 0 Å². The first-order chi connectivity index (χ1) is 11.2. The van der Waals surface area contributed by atoms with E-state index in [1.165, 1.54) is 44.2 Å². The highest BCUT2D eigenvalue weighted by molar-refractivity contribution is 5.35. The highest BCUT2D eigenvalue weighted by Gasteiger charge is 2.18. The zero-order valence-electron chi connectivity index (χ0n) is 13.1. The van der Waals surface area contributed by atoms with Crippen LogP contribution in [0.5, 0.6) is 11.5 Å². The summed E-state index contributed by atoms with van der Waals surface area (Å²) in [6.07, 6.45) is 14.0. The number of benzene rings is 1. The maximum atomic E-state index is 14.0. The van der Waals surface area contributed by atoms with Crippen LogP contribution in [-0.2, 0) is 0 Å². The van der Waals surface area contributed by atoms with E-state index in [1.807, 2.05) is 12.2 Å². The van der Waals surface area contributed by atoms with Gasteiger partial charge in [0.15, 0.2) is 11.5 Å². The second-order valence-corrected chi connectivity index (χ2v) is 6.20. The highest BCUT2D eigenvalue weighted by atomic mass is 19.2. The Morgan fingerprint density at radius 2 is 1.30 bits per heavy atom. The molecule has 4 heteroatoms. The van der Waals surface area contributed by atoms with Gasteiger partial charge in [0, 0.05) is 0 Å². The Morgan fingerprint density at radius 3 is 1.70 bits per heavy atom. The molecule has 2 fully saturated rings. The number of allylic oxidation sites excluding steroid dienone is 2. The minimum Gasteiger partial charge on any atom is -0.486 e.